The van der Waals surface area contributed by atoms with Gasteiger partial charge in [-0.3, -0.25) is 9.69 Å². The minimum atomic E-state index is -3.64. The van der Waals surface area contributed by atoms with E-state index < -0.39 is 10.0 Å². The molecule has 1 saturated heterocycles. The lowest BCUT2D eigenvalue weighted by Gasteiger charge is -2.26. The van der Waals surface area contributed by atoms with Crippen molar-refractivity contribution in [2.45, 2.75) is 25.3 Å². The lowest BCUT2D eigenvalue weighted by atomic mass is 10.1. The van der Waals surface area contributed by atoms with Crippen LogP contribution in [0.1, 0.15) is 27.0 Å². The summed E-state index contributed by atoms with van der Waals surface area (Å²) < 4.78 is 26.5. The van der Waals surface area contributed by atoms with Crippen molar-refractivity contribution in [3.8, 4) is 0 Å². The molecule has 3 rings (SSSR count). The molecular formula is C22H29N3O3S2. The second-order valence-corrected chi connectivity index (χ2v) is 11.1. The summed E-state index contributed by atoms with van der Waals surface area (Å²) in [4.78, 5) is 15.5. The van der Waals surface area contributed by atoms with Crippen LogP contribution < -0.4 is 5.32 Å². The molecule has 0 aromatic heterocycles. The number of aryl methyl sites for hydroxylation is 1. The van der Waals surface area contributed by atoms with E-state index in [1.165, 1.54) is 24.5 Å². The van der Waals surface area contributed by atoms with Crippen LogP contribution in [0.2, 0.25) is 0 Å². The molecule has 1 fully saturated rings. The normalized spacial score (nSPS) is 15.4. The second-order valence-electron chi connectivity index (χ2n) is 7.75. The summed E-state index contributed by atoms with van der Waals surface area (Å²) in [7, 11) is -0.657. The van der Waals surface area contributed by atoms with E-state index in [2.05, 4.69) is 16.3 Å². The van der Waals surface area contributed by atoms with E-state index in [0.29, 0.717) is 16.8 Å². The number of hydrogen-bond donors (Lipinski definition) is 1. The van der Waals surface area contributed by atoms with Gasteiger partial charge in [0, 0.05) is 56.5 Å². The number of anilines is 1. The van der Waals surface area contributed by atoms with E-state index in [4.69, 9.17) is 0 Å². The smallest absolute Gasteiger partial charge is 0.255 e. The molecule has 0 spiro atoms. The number of thioether (sulfide) groups is 1. The van der Waals surface area contributed by atoms with Crippen molar-refractivity contribution < 1.29 is 13.2 Å². The van der Waals surface area contributed by atoms with Gasteiger partial charge in [-0.2, -0.15) is 11.8 Å². The molecule has 162 valence electrons. The SMILES string of the molecule is Cc1cc(C(=O)Nc2cccc(CN3CCSCC3)c2)cc(S(=O)(=O)N(C)C)c1C. The third-order valence-corrected chi connectivity index (χ3v) is 8.22. The van der Waals surface area contributed by atoms with Crippen molar-refractivity contribution in [1.82, 2.24) is 9.21 Å². The molecule has 30 heavy (non-hydrogen) atoms. The van der Waals surface area contributed by atoms with E-state index in [-0.39, 0.29) is 10.8 Å². The minimum Gasteiger partial charge on any atom is -0.322 e. The van der Waals surface area contributed by atoms with Crippen LogP contribution in [-0.4, -0.2) is 62.2 Å². The highest BCUT2D eigenvalue weighted by Gasteiger charge is 2.23. The van der Waals surface area contributed by atoms with Crippen LogP contribution in [0.5, 0.6) is 0 Å². The van der Waals surface area contributed by atoms with E-state index in [1.54, 1.807) is 13.0 Å². The third-order valence-electron chi connectivity index (χ3n) is 5.34. The molecular weight excluding hydrogens is 418 g/mol. The van der Waals surface area contributed by atoms with Gasteiger partial charge in [0.15, 0.2) is 0 Å². The molecule has 0 atom stereocenters. The van der Waals surface area contributed by atoms with E-state index in [1.807, 2.05) is 36.9 Å². The molecule has 1 heterocycles. The predicted molar refractivity (Wildman–Crippen MR) is 124 cm³/mol. The number of benzene rings is 2. The number of sulfonamides is 1. The van der Waals surface area contributed by atoms with Gasteiger partial charge in [0.2, 0.25) is 10.0 Å². The lowest BCUT2D eigenvalue weighted by Crippen LogP contribution is -2.31. The molecule has 1 amide bonds. The first-order chi connectivity index (χ1) is 14.2. The zero-order valence-electron chi connectivity index (χ0n) is 17.9. The summed E-state index contributed by atoms with van der Waals surface area (Å²) in [6, 6.07) is 11.0. The highest BCUT2D eigenvalue weighted by molar-refractivity contribution is 7.99. The topological polar surface area (TPSA) is 69.7 Å². The summed E-state index contributed by atoms with van der Waals surface area (Å²) in [6.07, 6.45) is 0. The van der Waals surface area contributed by atoms with Gasteiger partial charge < -0.3 is 5.32 Å². The summed E-state index contributed by atoms with van der Waals surface area (Å²) in [5, 5.41) is 2.92. The Balaban J connectivity index is 1.81. The molecule has 6 nitrogen and oxygen atoms in total. The maximum Gasteiger partial charge on any atom is 0.255 e. The van der Waals surface area contributed by atoms with Gasteiger partial charge in [0.1, 0.15) is 0 Å². The third kappa shape index (κ3) is 5.24. The van der Waals surface area contributed by atoms with E-state index in [9.17, 15) is 13.2 Å². The molecule has 2 aromatic rings. The molecule has 1 N–H and O–H groups in total. The monoisotopic (exact) mass is 447 g/mol. The molecule has 2 aromatic carbocycles. The van der Waals surface area contributed by atoms with Gasteiger partial charge in [0.05, 0.1) is 4.90 Å². The van der Waals surface area contributed by atoms with E-state index >= 15 is 0 Å². The fourth-order valence-corrected chi connectivity index (χ4v) is 5.59. The molecule has 0 bridgehead atoms. The Kier molecular flexibility index (Phi) is 7.23. The Hall–Kier alpha value is -1.87. The van der Waals surface area contributed by atoms with Crippen molar-refractivity contribution in [1.29, 1.82) is 0 Å². The minimum absolute atomic E-state index is 0.161. The average molecular weight is 448 g/mol. The van der Waals surface area contributed by atoms with Crippen LogP contribution in [0, 0.1) is 13.8 Å². The number of amides is 1. The van der Waals surface area contributed by atoms with Crippen LogP contribution in [0.4, 0.5) is 5.69 Å². The van der Waals surface area contributed by atoms with Gasteiger partial charge in [-0.05, 0) is 54.8 Å². The second kappa shape index (κ2) is 9.51. The number of rotatable bonds is 6. The first-order valence-electron chi connectivity index (χ1n) is 9.92. The Morgan fingerprint density at radius 1 is 1.13 bits per heavy atom. The summed E-state index contributed by atoms with van der Waals surface area (Å²) in [5.74, 6) is 1.99. The maximum atomic E-state index is 12.9. The van der Waals surface area contributed by atoms with Crippen molar-refractivity contribution in [3.63, 3.8) is 0 Å². The van der Waals surface area contributed by atoms with Crippen LogP contribution in [-0.2, 0) is 16.6 Å². The van der Waals surface area contributed by atoms with Crippen molar-refractivity contribution in [2.75, 3.05) is 44.0 Å². The van der Waals surface area contributed by atoms with Crippen molar-refractivity contribution in [2.24, 2.45) is 0 Å². The number of carbonyl (C=O) groups is 1. The summed E-state index contributed by atoms with van der Waals surface area (Å²) >= 11 is 1.98. The Morgan fingerprint density at radius 2 is 1.83 bits per heavy atom. The molecule has 8 heteroatoms. The van der Waals surface area contributed by atoms with Crippen LogP contribution in [0.15, 0.2) is 41.3 Å². The first-order valence-corrected chi connectivity index (χ1v) is 12.5. The number of carbonyl (C=O) groups excluding carboxylic acids is 1. The van der Waals surface area contributed by atoms with Gasteiger partial charge in [0.25, 0.3) is 5.91 Å². The molecule has 1 aliphatic rings. The first kappa shape index (κ1) is 22.8. The van der Waals surface area contributed by atoms with Gasteiger partial charge >= 0.3 is 0 Å². The number of hydrogen-bond acceptors (Lipinski definition) is 5. The Bertz CT molecular complexity index is 1030. The standard InChI is InChI=1S/C22H29N3O3S2/c1-16-12-19(14-21(17(16)2)30(27,28)24(3)4)22(26)23-20-7-5-6-18(13-20)15-25-8-10-29-11-9-25/h5-7,12-14H,8-11,15H2,1-4H3,(H,23,26). The van der Waals surface area contributed by atoms with Crippen LogP contribution in [0.3, 0.4) is 0 Å². The molecule has 0 aliphatic carbocycles. The van der Waals surface area contributed by atoms with Gasteiger partial charge in [-0.1, -0.05) is 12.1 Å². The summed E-state index contributed by atoms with van der Waals surface area (Å²) in [6.45, 7) is 6.59. The highest BCUT2D eigenvalue weighted by atomic mass is 32.2. The largest absolute Gasteiger partial charge is 0.322 e. The molecule has 0 saturated carbocycles. The zero-order valence-corrected chi connectivity index (χ0v) is 19.6. The zero-order chi connectivity index (χ0) is 21.9. The van der Waals surface area contributed by atoms with Gasteiger partial charge in [-0.25, -0.2) is 12.7 Å². The average Bonchev–Trinajstić information content (AvgIpc) is 2.70. The van der Waals surface area contributed by atoms with Crippen molar-refractivity contribution in [3.05, 3.63) is 58.7 Å². The van der Waals surface area contributed by atoms with Gasteiger partial charge in [-0.15, -0.1) is 0 Å². The van der Waals surface area contributed by atoms with Crippen LogP contribution >= 0.6 is 11.8 Å². The summed E-state index contributed by atoms with van der Waals surface area (Å²) in [5.41, 5.74) is 3.61. The quantitative estimate of drug-likeness (QED) is 0.735. The van der Waals surface area contributed by atoms with Crippen molar-refractivity contribution >= 4 is 33.4 Å². The lowest BCUT2D eigenvalue weighted by molar-refractivity contribution is 0.102. The highest BCUT2D eigenvalue weighted by Crippen LogP contribution is 2.24. The van der Waals surface area contributed by atoms with E-state index in [0.717, 1.165) is 42.3 Å². The molecule has 0 unspecified atom stereocenters. The number of nitrogens with one attached hydrogen (secondary N) is 1. The Morgan fingerprint density at radius 3 is 2.50 bits per heavy atom. The number of nitrogens with zero attached hydrogens (tertiary/aromatic N) is 2. The Labute approximate surface area is 183 Å². The predicted octanol–water partition coefficient (Wildman–Crippen LogP) is 3.35. The fourth-order valence-electron chi connectivity index (χ4n) is 3.39. The molecule has 1 aliphatic heterocycles. The molecule has 0 radical (unpaired) electrons. The van der Waals surface area contributed by atoms with Crippen LogP contribution in [0.25, 0.3) is 0 Å². The maximum absolute atomic E-state index is 12.9. The fraction of sp³-hybridized carbons (Fsp3) is 0.409.